The van der Waals surface area contributed by atoms with Gasteiger partial charge in [0.2, 0.25) is 0 Å². The summed E-state index contributed by atoms with van der Waals surface area (Å²) in [6.45, 7) is 5.58. The van der Waals surface area contributed by atoms with Gasteiger partial charge in [-0.15, -0.1) is 5.10 Å². The molecule has 108 valence electrons. The minimum absolute atomic E-state index is 0.410. The summed E-state index contributed by atoms with van der Waals surface area (Å²) < 4.78 is 1.86. The summed E-state index contributed by atoms with van der Waals surface area (Å²) in [7, 11) is 0. The van der Waals surface area contributed by atoms with Crippen LogP contribution in [0.15, 0.2) is 42.5 Å². The van der Waals surface area contributed by atoms with Gasteiger partial charge >= 0.3 is 0 Å². The van der Waals surface area contributed by atoms with Crippen LogP contribution in [-0.4, -0.2) is 26.2 Å². The van der Waals surface area contributed by atoms with E-state index in [2.05, 4.69) is 77.2 Å². The van der Waals surface area contributed by atoms with Crippen LogP contribution in [0.5, 0.6) is 0 Å². The summed E-state index contributed by atoms with van der Waals surface area (Å²) in [4.78, 5) is 0. The maximum absolute atomic E-state index is 4.11. The van der Waals surface area contributed by atoms with Crippen LogP contribution >= 0.6 is 0 Å². The molecule has 0 amide bonds. The maximum Gasteiger partial charge on any atom is 0.165 e. The number of rotatable bonds is 5. The lowest BCUT2D eigenvalue weighted by atomic mass is 10.0. The summed E-state index contributed by atoms with van der Waals surface area (Å²) in [5, 5.41) is 17.9. The summed E-state index contributed by atoms with van der Waals surface area (Å²) in [6.07, 6.45) is 0. The summed E-state index contributed by atoms with van der Waals surface area (Å²) in [6, 6.07) is 15.1. The van der Waals surface area contributed by atoms with Gasteiger partial charge in [-0.3, -0.25) is 0 Å². The third-order valence-corrected chi connectivity index (χ3v) is 3.47. The van der Waals surface area contributed by atoms with Gasteiger partial charge in [0.25, 0.3) is 0 Å². The van der Waals surface area contributed by atoms with E-state index < -0.39 is 0 Å². The van der Waals surface area contributed by atoms with Crippen molar-refractivity contribution in [3.63, 3.8) is 0 Å². The Morgan fingerprint density at radius 2 is 1.90 bits per heavy atom. The van der Waals surface area contributed by atoms with Gasteiger partial charge in [0.1, 0.15) is 0 Å². The molecule has 0 unspecified atom stereocenters. The van der Waals surface area contributed by atoms with E-state index in [9.17, 15) is 0 Å². The van der Waals surface area contributed by atoms with Crippen molar-refractivity contribution in [1.82, 2.24) is 25.5 Å². The van der Waals surface area contributed by atoms with Gasteiger partial charge in [0, 0.05) is 6.04 Å². The Bertz CT molecular complexity index is 727. The normalized spacial score (nSPS) is 11.4. The van der Waals surface area contributed by atoms with Crippen molar-refractivity contribution in [3.8, 4) is 0 Å². The number of hydrogen-bond donors (Lipinski definition) is 1. The Hall–Kier alpha value is -2.27. The lowest BCUT2D eigenvalue weighted by molar-refractivity contribution is 0.538. The number of hydrogen-bond acceptors (Lipinski definition) is 4. The second-order valence-corrected chi connectivity index (χ2v) is 5.43. The molecule has 0 radical (unpaired) electrons. The molecule has 0 saturated carbocycles. The van der Waals surface area contributed by atoms with Crippen LogP contribution in [-0.2, 0) is 13.1 Å². The molecular formula is C16H19N5. The fourth-order valence-electron chi connectivity index (χ4n) is 2.36. The van der Waals surface area contributed by atoms with E-state index in [0.29, 0.717) is 19.1 Å². The third kappa shape index (κ3) is 3.08. The van der Waals surface area contributed by atoms with Gasteiger partial charge < -0.3 is 5.32 Å². The van der Waals surface area contributed by atoms with Crippen LogP contribution in [0.1, 0.15) is 25.2 Å². The molecule has 0 aliphatic heterocycles. The monoisotopic (exact) mass is 281 g/mol. The Morgan fingerprint density at radius 1 is 1.10 bits per heavy atom. The first-order valence-electron chi connectivity index (χ1n) is 7.19. The van der Waals surface area contributed by atoms with Gasteiger partial charge in [0.15, 0.2) is 5.82 Å². The molecular weight excluding hydrogens is 262 g/mol. The van der Waals surface area contributed by atoms with Crippen molar-refractivity contribution in [2.75, 3.05) is 0 Å². The predicted molar refractivity (Wildman–Crippen MR) is 82.8 cm³/mol. The predicted octanol–water partition coefficient (Wildman–Crippen LogP) is 2.37. The summed E-state index contributed by atoms with van der Waals surface area (Å²) in [5.41, 5.74) is 1.23. The lowest BCUT2D eigenvalue weighted by Gasteiger charge is -2.10. The molecule has 1 heterocycles. The first-order valence-corrected chi connectivity index (χ1v) is 7.19. The largest absolute Gasteiger partial charge is 0.308 e. The standard InChI is InChI=1S/C16H19N5/c1-12(2)17-10-16-18-19-20-21(16)11-14-8-5-7-13-6-3-4-9-15(13)14/h3-9,12,17H,10-11H2,1-2H3. The molecule has 0 saturated heterocycles. The first kappa shape index (κ1) is 13.7. The molecule has 5 heteroatoms. The topological polar surface area (TPSA) is 55.6 Å². The molecule has 3 aromatic rings. The molecule has 21 heavy (non-hydrogen) atoms. The highest BCUT2D eigenvalue weighted by molar-refractivity contribution is 5.85. The molecule has 0 aliphatic carbocycles. The Morgan fingerprint density at radius 3 is 2.76 bits per heavy atom. The second kappa shape index (κ2) is 6.01. The quantitative estimate of drug-likeness (QED) is 0.780. The molecule has 1 N–H and O–H groups in total. The smallest absolute Gasteiger partial charge is 0.165 e. The minimum atomic E-state index is 0.410. The number of nitrogens with one attached hydrogen (secondary N) is 1. The minimum Gasteiger partial charge on any atom is -0.308 e. The van der Waals surface area contributed by atoms with Gasteiger partial charge in [-0.25, -0.2) is 4.68 Å². The average Bonchev–Trinajstić information content (AvgIpc) is 2.93. The zero-order chi connectivity index (χ0) is 14.7. The molecule has 0 fully saturated rings. The van der Waals surface area contributed by atoms with E-state index in [4.69, 9.17) is 0 Å². The number of aromatic nitrogens is 4. The van der Waals surface area contributed by atoms with Crippen molar-refractivity contribution in [3.05, 3.63) is 53.9 Å². The van der Waals surface area contributed by atoms with E-state index in [-0.39, 0.29) is 0 Å². The molecule has 0 spiro atoms. The highest BCUT2D eigenvalue weighted by atomic mass is 15.5. The van der Waals surface area contributed by atoms with Crippen LogP contribution < -0.4 is 5.32 Å². The van der Waals surface area contributed by atoms with Gasteiger partial charge in [-0.1, -0.05) is 56.3 Å². The average molecular weight is 281 g/mol. The molecule has 0 bridgehead atoms. The summed E-state index contributed by atoms with van der Waals surface area (Å²) >= 11 is 0. The third-order valence-electron chi connectivity index (χ3n) is 3.47. The Labute approximate surface area is 124 Å². The second-order valence-electron chi connectivity index (χ2n) is 5.43. The first-order chi connectivity index (χ1) is 10.2. The van der Waals surface area contributed by atoms with Crippen LogP contribution in [0.4, 0.5) is 0 Å². The maximum atomic E-state index is 4.11. The fraction of sp³-hybridized carbons (Fsp3) is 0.312. The van der Waals surface area contributed by atoms with Gasteiger partial charge in [-0.2, -0.15) is 0 Å². The van der Waals surface area contributed by atoms with Crippen molar-refractivity contribution in [2.24, 2.45) is 0 Å². The Kier molecular flexibility index (Phi) is 3.92. The highest BCUT2D eigenvalue weighted by Gasteiger charge is 2.08. The fourth-order valence-corrected chi connectivity index (χ4v) is 2.36. The molecule has 3 rings (SSSR count). The summed E-state index contributed by atoms with van der Waals surface area (Å²) in [5.74, 6) is 0.858. The van der Waals surface area contributed by atoms with E-state index in [1.807, 2.05) is 4.68 Å². The van der Waals surface area contributed by atoms with Crippen molar-refractivity contribution >= 4 is 10.8 Å². The highest BCUT2D eigenvalue weighted by Crippen LogP contribution is 2.19. The number of nitrogens with zero attached hydrogens (tertiary/aromatic N) is 4. The number of fused-ring (bicyclic) bond motifs is 1. The van der Waals surface area contributed by atoms with Crippen molar-refractivity contribution in [1.29, 1.82) is 0 Å². The van der Waals surface area contributed by atoms with Crippen LogP contribution in [0.25, 0.3) is 10.8 Å². The van der Waals surface area contributed by atoms with Gasteiger partial charge in [-0.05, 0) is 26.8 Å². The SMILES string of the molecule is CC(C)NCc1nnnn1Cc1cccc2ccccc12. The molecule has 0 aliphatic rings. The molecule has 2 aromatic carbocycles. The van der Waals surface area contributed by atoms with E-state index in [1.54, 1.807) is 0 Å². The lowest BCUT2D eigenvalue weighted by Crippen LogP contribution is -2.24. The van der Waals surface area contributed by atoms with Crippen LogP contribution in [0, 0.1) is 0 Å². The van der Waals surface area contributed by atoms with Crippen molar-refractivity contribution in [2.45, 2.75) is 33.0 Å². The van der Waals surface area contributed by atoms with Crippen LogP contribution in [0.2, 0.25) is 0 Å². The number of benzene rings is 2. The van der Waals surface area contributed by atoms with E-state index in [1.165, 1.54) is 16.3 Å². The zero-order valence-corrected chi connectivity index (χ0v) is 12.3. The van der Waals surface area contributed by atoms with E-state index >= 15 is 0 Å². The molecule has 1 aromatic heterocycles. The zero-order valence-electron chi connectivity index (χ0n) is 12.3. The number of tetrazole rings is 1. The molecule has 5 nitrogen and oxygen atoms in total. The van der Waals surface area contributed by atoms with Gasteiger partial charge in [0.05, 0.1) is 13.1 Å². The van der Waals surface area contributed by atoms with E-state index in [0.717, 1.165) is 5.82 Å². The molecule has 0 atom stereocenters. The van der Waals surface area contributed by atoms with Crippen molar-refractivity contribution < 1.29 is 0 Å². The Balaban J connectivity index is 1.87. The van der Waals surface area contributed by atoms with Crippen LogP contribution in [0.3, 0.4) is 0 Å².